The van der Waals surface area contributed by atoms with Crippen LogP contribution in [0.5, 0.6) is 0 Å². The molecule has 0 aliphatic carbocycles. The van der Waals surface area contributed by atoms with Crippen LogP contribution >= 0.6 is 11.8 Å². The van der Waals surface area contributed by atoms with Crippen molar-refractivity contribution < 1.29 is 0 Å². The van der Waals surface area contributed by atoms with Crippen molar-refractivity contribution in [1.29, 1.82) is 0 Å². The van der Waals surface area contributed by atoms with Crippen LogP contribution in [0.15, 0.2) is 9.95 Å². The first kappa shape index (κ1) is 10.3. The van der Waals surface area contributed by atoms with Gasteiger partial charge in [-0.05, 0) is 20.1 Å². The molecule has 1 aromatic heterocycles. The number of nitrogens with zero attached hydrogens (tertiary/aromatic N) is 2. The minimum Gasteiger partial charge on any atom is -0.313 e. The van der Waals surface area contributed by atoms with E-state index in [4.69, 9.17) is 5.73 Å². The third-order valence-electron chi connectivity index (χ3n) is 1.97. The van der Waals surface area contributed by atoms with Gasteiger partial charge in [0.1, 0.15) is 0 Å². The van der Waals surface area contributed by atoms with Crippen molar-refractivity contribution in [3.63, 3.8) is 0 Å². The Morgan fingerprint density at radius 3 is 2.62 bits per heavy atom. The number of hydrogen-bond donors (Lipinski definition) is 1. The smallest absolute Gasteiger partial charge is 0.258 e. The van der Waals surface area contributed by atoms with E-state index in [1.807, 2.05) is 13.2 Å². The first-order valence-corrected chi connectivity index (χ1v) is 5.16. The van der Waals surface area contributed by atoms with Gasteiger partial charge < -0.3 is 5.73 Å². The van der Waals surface area contributed by atoms with Crippen molar-refractivity contribution in [1.82, 2.24) is 9.55 Å². The Balaban J connectivity index is 3.48. The standard InChI is InChI=1S/C8H13N3OS/c1-5-6(2)10-8(13-3)11(4-9)7(5)12/h4,9H2,1-3H3. The summed E-state index contributed by atoms with van der Waals surface area (Å²) in [5.41, 5.74) is 6.86. The summed E-state index contributed by atoms with van der Waals surface area (Å²) in [5, 5.41) is 0.676. The monoisotopic (exact) mass is 199 g/mol. The summed E-state index contributed by atoms with van der Waals surface area (Å²) in [6, 6.07) is 0. The molecule has 13 heavy (non-hydrogen) atoms. The second-order valence-electron chi connectivity index (χ2n) is 2.72. The van der Waals surface area contributed by atoms with E-state index in [1.54, 1.807) is 6.92 Å². The molecule has 0 spiro atoms. The molecule has 0 amide bonds. The molecule has 72 valence electrons. The maximum Gasteiger partial charge on any atom is 0.258 e. The zero-order valence-corrected chi connectivity index (χ0v) is 8.81. The van der Waals surface area contributed by atoms with Gasteiger partial charge >= 0.3 is 0 Å². The van der Waals surface area contributed by atoms with Crippen LogP contribution in [0.1, 0.15) is 11.3 Å². The van der Waals surface area contributed by atoms with Gasteiger partial charge in [0, 0.05) is 11.3 Å². The molecule has 0 atom stereocenters. The highest BCUT2D eigenvalue weighted by atomic mass is 32.2. The lowest BCUT2D eigenvalue weighted by Crippen LogP contribution is -2.29. The fourth-order valence-electron chi connectivity index (χ4n) is 1.05. The van der Waals surface area contributed by atoms with Gasteiger partial charge in [-0.3, -0.25) is 9.36 Å². The number of hydrogen-bond acceptors (Lipinski definition) is 4. The van der Waals surface area contributed by atoms with Crippen LogP contribution in [0, 0.1) is 13.8 Å². The minimum absolute atomic E-state index is 0.0423. The van der Waals surface area contributed by atoms with Crippen molar-refractivity contribution in [2.75, 3.05) is 6.26 Å². The zero-order valence-electron chi connectivity index (χ0n) is 8.00. The van der Waals surface area contributed by atoms with Crippen molar-refractivity contribution in [3.8, 4) is 0 Å². The minimum atomic E-state index is -0.0423. The Bertz CT molecular complexity index is 372. The van der Waals surface area contributed by atoms with Crippen molar-refractivity contribution >= 4 is 11.8 Å². The fraction of sp³-hybridized carbons (Fsp3) is 0.500. The molecule has 0 radical (unpaired) electrons. The second kappa shape index (κ2) is 3.93. The van der Waals surface area contributed by atoms with E-state index in [2.05, 4.69) is 4.98 Å². The highest BCUT2D eigenvalue weighted by Crippen LogP contribution is 2.10. The highest BCUT2D eigenvalue weighted by Gasteiger charge is 2.08. The van der Waals surface area contributed by atoms with Crippen LogP contribution < -0.4 is 11.3 Å². The molecule has 4 nitrogen and oxygen atoms in total. The molecule has 0 aliphatic rings. The molecule has 1 rings (SSSR count). The van der Waals surface area contributed by atoms with Crippen LogP contribution in [-0.4, -0.2) is 15.8 Å². The molecular weight excluding hydrogens is 186 g/mol. The zero-order chi connectivity index (χ0) is 10.0. The van der Waals surface area contributed by atoms with Gasteiger partial charge in [0.2, 0.25) is 0 Å². The van der Waals surface area contributed by atoms with E-state index in [-0.39, 0.29) is 12.2 Å². The number of rotatable bonds is 2. The van der Waals surface area contributed by atoms with Gasteiger partial charge in [0.25, 0.3) is 5.56 Å². The van der Waals surface area contributed by atoms with Crippen molar-refractivity contribution in [2.24, 2.45) is 5.73 Å². The second-order valence-corrected chi connectivity index (χ2v) is 3.50. The highest BCUT2D eigenvalue weighted by molar-refractivity contribution is 7.98. The Hall–Kier alpha value is -0.810. The van der Waals surface area contributed by atoms with E-state index in [0.717, 1.165) is 5.69 Å². The molecule has 5 heteroatoms. The lowest BCUT2D eigenvalue weighted by Gasteiger charge is -2.09. The van der Waals surface area contributed by atoms with Crippen LogP contribution in [0.4, 0.5) is 0 Å². The third-order valence-corrected chi connectivity index (χ3v) is 2.64. The molecule has 2 N–H and O–H groups in total. The van der Waals surface area contributed by atoms with Crippen molar-refractivity contribution in [2.45, 2.75) is 25.7 Å². The van der Waals surface area contributed by atoms with Crippen LogP contribution in [0.2, 0.25) is 0 Å². The number of nitrogens with two attached hydrogens (primary N) is 1. The molecule has 0 aromatic carbocycles. The Morgan fingerprint density at radius 1 is 1.54 bits per heavy atom. The molecule has 0 unspecified atom stereocenters. The summed E-state index contributed by atoms with van der Waals surface area (Å²) in [5.74, 6) is 0. The lowest BCUT2D eigenvalue weighted by atomic mass is 10.3. The molecule has 0 saturated carbocycles. The summed E-state index contributed by atoms with van der Waals surface area (Å²) in [4.78, 5) is 15.9. The molecule has 0 aliphatic heterocycles. The van der Waals surface area contributed by atoms with E-state index in [1.165, 1.54) is 16.3 Å². The van der Waals surface area contributed by atoms with E-state index in [9.17, 15) is 4.79 Å². The quantitative estimate of drug-likeness (QED) is 0.556. The topological polar surface area (TPSA) is 60.9 Å². The number of thioether (sulfide) groups is 1. The van der Waals surface area contributed by atoms with E-state index < -0.39 is 0 Å². The summed E-state index contributed by atoms with van der Waals surface area (Å²) < 4.78 is 1.48. The first-order valence-electron chi connectivity index (χ1n) is 3.94. The van der Waals surface area contributed by atoms with Gasteiger partial charge in [-0.1, -0.05) is 11.8 Å². The predicted octanol–water partition coefficient (Wildman–Crippen LogP) is 0.498. The maximum atomic E-state index is 11.6. The Kier molecular flexibility index (Phi) is 3.11. The maximum absolute atomic E-state index is 11.6. The normalized spacial score (nSPS) is 10.5. The van der Waals surface area contributed by atoms with E-state index in [0.29, 0.717) is 10.7 Å². The molecule has 0 bridgehead atoms. The van der Waals surface area contributed by atoms with Gasteiger partial charge in [-0.15, -0.1) is 0 Å². The molecule has 1 aromatic rings. The average Bonchev–Trinajstić information content (AvgIpc) is 2.13. The number of aryl methyl sites for hydroxylation is 1. The third kappa shape index (κ3) is 1.76. The summed E-state index contributed by atoms with van der Waals surface area (Å²) in [6.45, 7) is 3.78. The summed E-state index contributed by atoms with van der Waals surface area (Å²) in [6.07, 6.45) is 1.88. The summed E-state index contributed by atoms with van der Waals surface area (Å²) >= 11 is 1.43. The molecule has 0 fully saturated rings. The molecule has 1 heterocycles. The van der Waals surface area contributed by atoms with Gasteiger partial charge in [0.15, 0.2) is 5.16 Å². The van der Waals surface area contributed by atoms with Crippen molar-refractivity contribution in [3.05, 3.63) is 21.6 Å². The van der Waals surface area contributed by atoms with Crippen LogP contribution in [-0.2, 0) is 6.67 Å². The Morgan fingerprint density at radius 2 is 2.15 bits per heavy atom. The van der Waals surface area contributed by atoms with Gasteiger partial charge in [-0.25, -0.2) is 4.98 Å². The lowest BCUT2D eigenvalue weighted by molar-refractivity contribution is 0.594. The van der Waals surface area contributed by atoms with Crippen LogP contribution in [0.25, 0.3) is 0 Å². The van der Waals surface area contributed by atoms with Gasteiger partial charge in [-0.2, -0.15) is 0 Å². The van der Waals surface area contributed by atoms with Gasteiger partial charge in [0.05, 0.1) is 6.67 Å². The SMILES string of the molecule is CSc1nc(C)c(C)c(=O)n1CN. The fourth-order valence-corrected chi connectivity index (χ4v) is 1.65. The number of aromatic nitrogens is 2. The average molecular weight is 199 g/mol. The molecular formula is C8H13N3OS. The van der Waals surface area contributed by atoms with Crippen LogP contribution in [0.3, 0.4) is 0 Å². The first-order chi connectivity index (χ1) is 6.11. The largest absolute Gasteiger partial charge is 0.313 e. The summed E-state index contributed by atoms with van der Waals surface area (Å²) in [7, 11) is 0. The van der Waals surface area contributed by atoms with E-state index >= 15 is 0 Å². The Labute approximate surface area is 81.2 Å². The predicted molar refractivity (Wildman–Crippen MR) is 53.9 cm³/mol. The molecule has 0 saturated heterocycles.